The van der Waals surface area contributed by atoms with Crippen LogP contribution in [0.4, 0.5) is 0 Å². The van der Waals surface area contributed by atoms with Crippen LogP contribution in [0.3, 0.4) is 0 Å². The number of nitrogens with one attached hydrogen (secondary N) is 1. The van der Waals surface area contributed by atoms with Crippen molar-refractivity contribution in [2.45, 2.75) is 13.3 Å². The molecule has 0 aromatic heterocycles. The molecule has 1 unspecified atom stereocenters. The van der Waals surface area contributed by atoms with Crippen molar-refractivity contribution >= 4 is 5.91 Å². The average molecular weight is 181 g/mol. The van der Waals surface area contributed by atoms with Gasteiger partial charge in [-0.25, -0.2) is 0 Å². The fourth-order valence-electron chi connectivity index (χ4n) is 1.43. The molecule has 0 spiro atoms. The van der Waals surface area contributed by atoms with E-state index in [9.17, 15) is 4.79 Å². The van der Waals surface area contributed by atoms with Crippen molar-refractivity contribution in [1.29, 1.82) is 5.26 Å². The van der Waals surface area contributed by atoms with Crippen LogP contribution < -0.4 is 5.32 Å². The standard InChI is InChI=1S/C9H15N3O/c1-2-8(7-10)9(13)12-5-3-11-4-6-12/h8,11H,2-6H2,1H3. The monoisotopic (exact) mass is 181 g/mol. The Kier molecular flexibility index (Phi) is 3.71. The second-order valence-corrected chi connectivity index (χ2v) is 3.17. The quantitative estimate of drug-likeness (QED) is 0.650. The van der Waals surface area contributed by atoms with E-state index in [-0.39, 0.29) is 5.91 Å². The molecule has 1 aliphatic rings. The Morgan fingerprint density at radius 2 is 2.23 bits per heavy atom. The SMILES string of the molecule is CCC(C#N)C(=O)N1CCNCC1. The molecular weight excluding hydrogens is 166 g/mol. The van der Waals surface area contributed by atoms with Gasteiger partial charge < -0.3 is 10.2 Å². The lowest BCUT2D eigenvalue weighted by Crippen LogP contribution is -2.48. The predicted octanol–water partition coefficient (Wildman–Crippen LogP) is -0.0320. The molecule has 1 fully saturated rings. The first-order valence-electron chi connectivity index (χ1n) is 4.68. The predicted molar refractivity (Wildman–Crippen MR) is 48.8 cm³/mol. The van der Waals surface area contributed by atoms with Gasteiger partial charge in [-0.3, -0.25) is 4.79 Å². The minimum atomic E-state index is -0.446. The normalized spacial score (nSPS) is 19.2. The molecule has 0 bridgehead atoms. The Bertz CT molecular complexity index is 215. The molecule has 0 saturated carbocycles. The van der Waals surface area contributed by atoms with Crippen molar-refractivity contribution in [2.24, 2.45) is 5.92 Å². The molecule has 1 N–H and O–H groups in total. The third-order valence-electron chi connectivity index (χ3n) is 2.29. The number of nitriles is 1. The lowest BCUT2D eigenvalue weighted by Gasteiger charge is -2.28. The van der Waals surface area contributed by atoms with Crippen LogP contribution in [-0.2, 0) is 4.79 Å². The summed E-state index contributed by atoms with van der Waals surface area (Å²) in [7, 11) is 0. The van der Waals surface area contributed by atoms with E-state index in [1.165, 1.54) is 0 Å². The molecule has 1 aliphatic heterocycles. The van der Waals surface area contributed by atoms with Crippen LogP contribution in [0.15, 0.2) is 0 Å². The van der Waals surface area contributed by atoms with Crippen molar-refractivity contribution < 1.29 is 4.79 Å². The van der Waals surface area contributed by atoms with Gasteiger partial charge in [0, 0.05) is 26.2 Å². The molecule has 13 heavy (non-hydrogen) atoms. The van der Waals surface area contributed by atoms with Crippen LogP contribution in [0.5, 0.6) is 0 Å². The third-order valence-corrected chi connectivity index (χ3v) is 2.29. The number of hydrogen-bond acceptors (Lipinski definition) is 3. The molecule has 0 aromatic carbocycles. The molecule has 1 saturated heterocycles. The second-order valence-electron chi connectivity index (χ2n) is 3.17. The van der Waals surface area contributed by atoms with Crippen LogP contribution in [0.1, 0.15) is 13.3 Å². The van der Waals surface area contributed by atoms with Crippen molar-refractivity contribution in [1.82, 2.24) is 10.2 Å². The molecule has 1 amide bonds. The second kappa shape index (κ2) is 4.83. The number of nitrogens with zero attached hydrogens (tertiary/aromatic N) is 2. The van der Waals surface area contributed by atoms with Gasteiger partial charge in [0.25, 0.3) is 0 Å². The summed E-state index contributed by atoms with van der Waals surface area (Å²) in [5, 5.41) is 11.9. The fraction of sp³-hybridized carbons (Fsp3) is 0.778. The molecule has 4 heteroatoms. The molecule has 1 rings (SSSR count). The summed E-state index contributed by atoms with van der Waals surface area (Å²) < 4.78 is 0. The first-order chi connectivity index (χ1) is 6.29. The molecule has 1 heterocycles. The van der Waals surface area contributed by atoms with Gasteiger partial charge in [-0.1, -0.05) is 6.92 Å². The van der Waals surface area contributed by atoms with E-state index in [4.69, 9.17) is 5.26 Å². The van der Waals surface area contributed by atoms with Gasteiger partial charge in [0.2, 0.25) is 5.91 Å². The smallest absolute Gasteiger partial charge is 0.239 e. The Morgan fingerprint density at radius 3 is 2.69 bits per heavy atom. The van der Waals surface area contributed by atoms with Crippen LogP contribution in [0.25, 0.3) is 0 Å². The highest BCUT2D eigenvalue weighted by atomic mass is 16.2. The van der Waals surface area contributed by atoms with E-state index in [1.807, 2.05) is 13.0 Å². The summed E-state index contributed by atoms with van der Waals surface area (Å²) in [4.78, 5) is 13.4. The summed E-state index contributed by atoms with van der Waals surface area (Å²) in [6.45, 7) is 5.02. The Morgan fingerprint density at radius 1 is 1.62 bits per heavy atom. The largest absolute Gasteiger partial charge is 0.339 e. The van der Waals surface area contributed by atoms with Crippen molar-refractivity contribution in [3.63, 3.8) is 0 Å². The summed E-state index contributed by atoms with van der Waals surface area (Å²) in [6.07, 6.45) is 0.610. The maximum atomic E-state index is 11.6. The van der Waals surface area contributed by atoms with Gasteiger partial charge in [-0.15, -0.1) is 0 Å². The fourth-order valence-corrected chi connectivity index (χ4v) is 1.43. The van der Waals surface area contributed by atoms with Crippen molar-refractivity contribution in [3.8, 4) is 6.07 Å². The van der Waals surface area contributed by atoms with E-state index < -0.39 is 5.92 Å². The Hall–Kier alpha value is -1.08. The first-order valence-corrected chi connectivity index (χ1v) is 4.68. The van der Waals surface area contributed by atoms with Gasteiger partial charge in [0.15, 0.2) is 0 Å². The summed E-state index contributed by atoms with van der Waals surface area (Å²) >= 11 is 0. The van der Waals surface area contributed by atoms with E-state index in [0.29, 0.717) is 6.42 Å². The maximum Gasteiger partial charge on any atom is 0.239 e. The molecule has 1 atom stereocenters. The molecule has 4 nitrogen and oxygen atoms in total. The van der Waals surface area contributed by atoms with Crippen LogP contribution in [0.2, 0.25) is 0 Å². The number of rotatable bonds is 2. The molecule has 72 valence electrons. The molecular formula is C9H15N3O. The minimum Gasteiger partial charge on any atom is -0.339 e. The van der Waals surface area contributed by atoms with E-state index in [0.717, 1.165) is 26.2 Å². The van der Waals surface area contributed by atoms with Crippen LogP contribution >= 0.6 is 0 Å². The van der Waals surface area contributed by atoms with Gasteiger partial charge >= 0.3 is 0 Å². The Labute approximate surface area is 78.5 Å². The van der Waals surface area contributed by atoms with Crippen molar-refractivity contribution in [3.05, 3.63) is 0 Å². The molecule has 0 radical (unpaired) electrons. The highest BCUT2D eigenvalue weighted by Crippen LogP contribution is 2.07. The van der Waals surface area contributed by atoms with E-state index in [1.54, 1.807) is 4.90 Å². The van der Waals surface area contributed by atoms with Gasteiger partial charge in [-0.05, 0) is 6.42 Å². The lowest BCUT2D eigenvalue weighted by molar-refractivity contribution is -0.134. The number of piperazine rings is 1. The summed E-state index contributed by atoms with van der Waals surface area (Å²) in [5.74, 6) is -0.454. The number of carbonyl (C=O) groups is 1. The highest BCUT2D eigenvalue weighted by molar-refractivity contribution is 5.81. The average Bonchev–Trinajstić information content (AvgIpc) is 2.21. The minimum absolute atomic E-state index is 0.00787. The zero-order valence-corrected chi connectivity index (χ0v) is 7.92. The van der Waals surface area contributed by atoms with Crippen LogP contribution in [-0.4, -0.2) is 37.0 Å². The lowest BCUT2D eigenvalue weighted by atomic mass is 10.1. The number of hydrogen-bond donors (Lipinski definition) is 1. The first kappa shape index (κ1) is 10.0. The maximum absolute atomic E-state index is 11.6. The van der Waals surface area contributed by atoms with E-state index >= 15 is 0 Å². The highest BCUT2D eigenvalue weighted by Gasteiger charge is 2.23. The van der Waals surface area contributed by atoms with Crippen LogP contribution in [0, 0.1) is 17.2 Å². The zero-order chi connectivity index (χ0) is 9.68. The number of amides is 1. The van der Waals surface area contributed by atoms with Gasteiger partial charge in [0.1, 0.15) is 5.92 Å². The summed E-state index contributed by atoms with van der Waals surface area (Å²) in [6, 6.07) is 2.04. The van der Waals surface area contributed by atoms with Crippen molar-refractivity contribution in [2.75, 3.05) is 26.2 Å². The third kappa shape index (κ3) is 2.43. The van der Waals surface area contributed by atoms with Gasteiger partial charge in [-0.2, -0.15) is 5.26 Å². The Balaban J connectivity index is 2.50. The zero-order valence-electron chi connectivity index (χ0n) is 7.92. The number of carbonyl (C=O) groups excluding carboxylic acids is 1. The molecule has 0 aliphatic carbocycles. The van der Waals surface area contributed by atoms with Gasteiger partial charge in [0.05, 0.1) is 6.07 Å². The van der Waals surface area contributed by atoms with E-state index in [2.05, 4.69) is 5.32 Å². The topological polar surface area (TPSA) is 56.1 Å². The summed E-state index contributed by atoms with van der Waals surface area (Å²) in [5.41, 5.74) is 0. The molecule has 0 aromatic rings.